The van der Waals surface area contributed by atoms with Gasteiger partial charge in [-0.05, 0) is 30.7 Å². The van der Waals surface area contributed by atoms with Gasteiger partial charge in [0.25, 0.3) is 0 Å². The number of carboxylic acid groups (broad SMARTS) is 1. The van der Waals surface area contributed by atoms with Crippen LogP contribution in [0.15, 0.2) is 18.2 Å². The molecule has 1 aromatic carbocycles. The van der Waals surface area contributed by atoms with Crippen LogP contribution in [0.25, 0.3) is 0 Å². The van der Waals surface area contributed by atoms with Gasteiger partial charge in [0.15, 0.2) is 0 Å². The molecule has 0 radical (unpaired) electrons. The van der Waals surface area contributed by atoms with Crippen LogP contribution in [-0.2, 0) is 11.2 Å². The predicted octanol–water partition coefficient (Wildman–Crippen LogP) is 0.876. The smallest absolute Gasteiger partial charge is 0.323 e. The van der Waals surface area contributed by atoms with E-state index in [1.54, 1.807) is 0 Å². The minimum Gasteiger partial charge on any atom is -0.508 e. The molecule has 1 atom stereocenters. The molecule has 0 amide bonds. The molecule has 0 spiro atoms. The van der Waals surface area contributed by atoms with Gasteiger partial charge >= 0.3 is 5.97 Å². The van der Waals surface area contributed by atoms with E-state index in [4.69, 9.17) is 15.9 Å². The third-order valence-corrected chi connectivity index (χ3v) is 2.08. The van der Waals surface area contributed by atoms with E-state index in [0.29, 0.717) is 0 Å². The van der Waals surface area contributed by atoms with Gasteiger partial charge in [0.1, 0.15) is 17.1 Å². The van der Waals surface area contributed by atoms with Gasteiger partial charge in [-0.1, -0.05) is 0 Å². The highest BCUT2D eigenvalue weighted by atomic mass is 18.2. The third-order valence-electron chi connectivity index (χ3n) is 2.08. The Labute approximate surface area is 86.1 Å². The highest BCUT2D eigenvalue weighted by Crippen LogP contribution is 2.19. The number of carbonyl (C=O) groups is 1. The first-order valence-electron chi connectivity index (χ1n) is 4.32. The summed E-state index contributed by atoms with van der Waals surface area (Å²) < 4.78 is 13.2. The molecule has 82 valence electrons. The molecule has 4 N–H and O–H groups in total. The molecule has 0 fully saturated rings. The topological polar surface area (TPSA) is 83.5 Å². The van der Waals surface area contributed by atoms with E-state index in [0.717, 1.165) is 6.07 Å². The highest BCUT2D eigenvalue weighted by Gasteiger charge is 2.29. The first-order valence-corrected chi connectivity index (χ1v) is 4.32. The molecule has 0 aliphatic heterocycles. The molecule has 0 heterocycles. The van der Waals surface area contributed by atoms with Gasteiger partial charge in [-0.2, -0.15) is 0 Å². The number of hydrogen-bond acceptors (Lipinski definition) is 3. The maximum absolute atomic E-state index is 13.2. The summed E-state index contributed by atoms with van der Waals surface area (Å²) in [7, 11) is 0. The quantitative estimate of drug-likeness (QED) is 0.694. The van der Waals surface area contributed by atoms with Gasteiger partial charge in [0, 0.05) is 6.42 Å². The van der Waals surface area contributed by atoms with Gasteiger partial charge in [-0.3, -0.25) is 4.79 Å². The Morgan fingerprint density at radius 2 is 2.20 bits per heavy atom. The summed E-state index contributed by atoms with van der Waals surface area (Å²) in [4.78, 5) is 10.7. The Hall–Kier alpha value is -1.62. The lowest BCUT2D eigenvalue weighted by molar-refractivity contribution is -0.142. The fourth-order valence-corrected chi connectivity index (χ4v) is 1.17. The maximum Gasteiger partial charge on any atom is 0.323 e. The van der Waals surface area contributed by atoms with Crippen molar-refractivity contribution in [3.8, 4) is 5.75 Å². The lowest BCUT2D eigenvalue weighted by atomic mass is 9.94. The number of phenolic OH excluding ortho intramolecular Hbond substituents is 1. The van der Waals surface area contributed by atoms with Crippen LogP contribution in [0.3, 0.4) is 0 Å². The number of hydrogen-bond donors (Lipinski definition) is 3. The van der Waals surface area contributed by atoms with Crippen LogP contribution in [0.4, 0.5) is 4.39 Å². The van der Waals surface area contributed by atoms with Gasteiger partial charge in [0.2, 0.25) is 0 Å². The van der Waals surface area contributed by atoms with Crippen molar-refractivity contribution in [2.24, 2.45) is 5.73 Å². The summed E-state index contributed by atoms with van der Waals surface area (Å²) in [5, 5.41) is 17.9. The van der Waals surface area contributed by atoms with Crippen LogP contribution in [0.1, 0.15) is 12.5 Å². The number of phenols is 1. The Kier molecular flexibility index (Phi) is 2.95. The Bertz CT molecular complexity index is 390. The fraction of sp³-hybridized carbons (Fsp3) is 0.300. The van der Waals surface area contributed by atoms with Gasteiger partial charge in [0.05, 0.1) is 0 Å². The Morgan fingerprint density at radius 3 is 2.73 bits per heavy atom. The lowest BCUT2D eigenvalue weighted by Crippen LogP contribution is -2.47. The number of aromatic hydroxyl groups is 1. The summed E-state index contributed by atoms with van der Waals surface area (Å²) in [5.74, 6) is -1.91. The molecule has 0 aliphatic carbocycles. The minimum absolute atomic E-state index is 0.0856. The van der Waals surface area contributed by atoms with Crippen LogP contribution in [-0.4, -0.2) is 21.7 Å². The number of aliphatic carboxylic acids is 1. The lowest BCUT2D eigenvalue weighted by Gasteiger charge is -2.19. The first kappa shape index (κ1) is 11.5. The zero-order valence-electron chi connectivity index (χ0n) is 8.20. The van der Waals surface area contributed by atoms with Crippen molar-refractivity contribution in [1.82, 2.24) is 0 Å². The van der Waals surface area contributed by atoms with Crippen molar-refractivity contribution in [1.29, 1.82) is 0 Å². The monoisotopic (exact) mass is 212 g/mol. The summed E-state index contributed by atoms with van der Waals surface area (Å²) in [6.07, 6.45) is -0.178. The predicted molar refractivity (Wildman–Crippen MR) is 52.0 cm³/mol. The van der Waals surface area contributed by atoms with E-state index in [9.17, 15) is 9.18 Å². The average Bonchev–Trinajstić information content (AvgIpc) is 2.10. The van der Waals surface area contributed by atoms with Crippen molar-refractivity contribution in [2.45, 2.75) is 18.9 Å². The molecule has 1 rings (SSSR count). The number of nitrogens with two attached hydrogens (primary N) is 1. The summed E-state index contributed by atoms with van der Waals surface area (Å²) >= 11 is 0. The van der Waals surface area contributed by atoms with Crippen LogP contribution in [0.5, 0.6) is 5.75 Å². The van der Waals surface area contributed by atoms with Gasteiger partial charge < -0.3 is 15.9 Å². The Morgan fingerprint density at radius 1 is 1.60 bits per heavy atom. The number of halogens is 1. The molecule has 0 saturated heterocycles. The molecular weight excluding hydrogens is 200 g/mol. The summed E-state index contributed by atoms with van der Waals surface area (Å²) in [6, 6.07) is 3.43. The second kappa shape index (κ2) is 3.86. The van der Waals surface area contributed by atoms with Crippen LogP contribution >= 0.6 is 0 Å². The summed E-state index contributed by atoms with van der Waals surface area (Å²) in [5.41, 5.74) is 4.00. The molecule has 4 nitrogen and oxygen atoms in total. The maximum atomic E-state index is 13.2. The van der Waals surface area contributed by atoms with E-state index >= 15 is 0 Å². The number of benzene rings is 1. The van der Waals surface area contributed by atoms with Crippen molar-refractivity contribution in [2.75, 3.05) is 0 Å². The SMILES string of the molecule is C[C@](N)(Cc1cc(O)ccc1[18F])C(=O)O. The highest BCUT2D eigenvalue weighted by molar-refractivity contribution is 5.78. The number of rotatable bonds is 3. The van der Waals surface area contributed by atoms with Gasteiger partial charge in [-0.15, -0.1) is 0 Å². The number of carboxylic acids is 1. The Balaban J connectivity index is 2.99. The van der Waals surface area contributed by atoms with Crippen LogP contribution in [0.2, 0.25) is 0 Å². The van der Waals surface area contributed by atoms with E-state index < -0.39 is 17.3 Å². The van der Waals surface area contributed by atoms with Crippen molar-refractivity contribution >= 4 is 5.97 Å². The standard InChI is InChI=1S/C10H12FNO3/c1-10(12,9(14)15)5-6-4-7(13)2-3-8(6)11/h2-4,13H,5,12H2,1H3,(H,14,15)/t10-/m0/s1/i11-1. The third kappa shape index (κ3) is 2.66. The molecular formula is C10H12FNO3. The molecule has 0 aliphatic rings. The normalized spacial score (nSPS) is 14.6. The van der Waals surface area contributed by atoms with E-state index in [1.807, 2.05) is 0 Å². The van der Waals surface area contributed by atoms with E-state index in [-0.39, 0.29) is 17.7 Å². The van der Waals surface area contributed by atoms with Crippen molar-refractivity contribution < 1.29 is 19.4 Å². The fourth-order valence-electron chi connectivity index (χ4n) is 1.17. The van der Waals surface area contributed by atoms with Crippen LogP contribution < -0.4 is 5.73 Å². The van der Waals surface area contributed by atoms with E-state index in [1.165, 1.54) is 19.1 Å². The van der Waals surface area contributed by atoms with Crippen molar-refractivity contribution in [3.63, 3.8) is 0 Å². The zero-order chi connectivity index (χ0) is 11.6. The molecule has 1 aromatic rings. The molecule has 0 unspecified atom stereocenters. The second-order valence-corrected chi connectivity index (χ2v) is 3.68. The van der Waals surface area contributed by atoms with Crippen LogP contribution in [0, 0.1) is 5.82 Å². The van der Waals surface area contributed by atoms with Crippen molar-refractivity contribution in [3.05, 3.63) is 29.6 Å². The van der Waals surface area contributed by atoms with E-state index in [2.05, 4.69) is 0 Å². The average molecular weight is 212 g/mol. The van der Waals surface area contributed by atoms with Gasteiger partial charge in [-0.25, -0.2) is 4.39 Å². The molecule has 0 aromatic heterocycles. The minimum atomic E-state index is -1.55. The molecule has 5 heteroatoms. The molecule has 0 saturated carbocycles. The molecule has 0 bridgehead atoms. The zero-order valence-corrected chi connectivity index (χ0v) is 8.20. The largest absolute Gasteiger partial charge is 0.508 e. The summed E-state index contributed by atoms with van der Waals surface area (Å²) in [6.45, 7) is 1.29. The first-order chi connectivity index (χ1) is 6.83. The second-order valence-electron chi connectivity index (χ2n) is 3.68. The molecule has 15 heavy (non-hydrogen) atoms.